The summed E-state index contributed by atoms with van der Waals surface area (Å²) < 4.78 is 5.71. The van der Waals surface area contributed by atoms with Crippen LogP contribution in [0.25, 0.3) is 5.00 Å². The van der Waals surface area contributed by atoms with Gasteiger partial charge in [-0.05, 0) is 18.5 Å². The number of methoxy groups -OCH3 is 1. The van der Waals surface area contributed by atoms with Crippen molar-refractivity contribution in [3.8, 4) is 5.00 Å². The Hall–Kier alpha value is -2.13. The van der Waals surface area contributed by atoms with Crippen LogP contribution in [-0.4, -0.2) is 34.4 Å². The molecule has 3 heterocycles. The van der Waals surface area contributed by atoms with E-state index in [2.05, 4.69) is 15.5 Å². The van der Waals surface area contributed by atoms with Gasteiger partial charge in [0.1, 0.15) is 5.00 Å². The fourth-order valence-electron chi connectivity index (χ4n) is 2.29. The van der Waals surface area contributed by atoms with Crippen molar-refractivity contribution in [3.05, 3.63) is 37.0 Å². The Morgan fingerprint density at radius 2 is 2.00 bits per heavy atom. The van der Waals surface area contributed by atoms with Gasteiger partial charge in [0.05, 0.1) is 12.7 Å². The predicted molar refractivity (Wildman–Crippen MR) is 71.6 cm³/mol. The topological polar surface area (TPSA) is 109 Å². The molecule has 0 aliphatic carbocycles. The van der Waals surface area contributed by atoms with Crippen LogP contribution in [0.15, 0.2) is 9.59 Å². The minimum absolute atomic E-state index is 0.304. The molecule has 106 valence electrons. The number of nitrogens with zero attached hydrogens (tertiary/aromatic N) is 1. The summed E-state index contributed by atoms with van der Waals surface area (Å²) in [4.78, 5) is 36.4. The number of aromatic nitrogens is 3. The van der Waals surface area contributed by atoms with Gasteiger partial charge in [-0.25, -0.2) is 29.1 Å². The van der Waals surface area contributed by atoms with Gasteiger partial charge in [-0.2, -0.15) is 0 Å². The Kier molecular flexibility index (Phi) is 3.07. The van der Waals surface area contributed by atoms with Crippen LogP contribution in [0, 0.1) is 0 Å². The number of nitrogens with one attached hydrogen (secondary N) is 3. The zero-order valence-corrected chi connectivity index (χ0v) is 11.4. The average molecular weight is 296 g/mol. The van der Waals surface area contributed by atoms with Crippen LogP contribution in [0.3, 0.4) is 0 Å². The number of esters is 1. The second-order valence-corrected chi connectivity index (χ2v) is 5.38. The van der Waals surface area contributed by atoms with Gasteiger partial charge in [0.25, 0.3) is 0 Å². The number of carbonyl (C=O) groups excluding carboxylic acids is 1. The molecule has 0 aromatic carbocycles. The first-order chi connectivity index (χ1) is 9.63. The molecular formula is C11H12N4O4S. The highest BCUT2D eigenvalue weighted by Gasteiger charge is 2.28. The van der Waals surface area contributed by atoms with E-state index in [4.69, 9.17) is 4.74 Å². The number of aromatic amines is 2. The van der Waals surface area contributed by atoms with E-state index in [0.29, 0.717) is 23.5 Å². The van der Waals surface area contributed by atoms with Gasteiger partial charge in [0.2, 0.25) is 0 Å². The lowest BCUT2D eigenvalue weighted by Gasteiger charge is -2.13. The number of H-pyrrole nitrogens is 2. The smallest absolute Gasteiger partial charge is 0.349 e. The minimum atomic E-state index is -0.605. The Morgan fingerprint density at radius 1 is 1.30 bits per heavy atom. The molecule has 3 N–H and O–H groups in total. The summed E-state index contributed by atoms with van der Waals surface area (Å²) in [6.07, 6.45) is 0.660. The number of thiophene rings is 1. The zero-order chi connectivity index (χ0) is 14.3. The third-order valence-corrected chi connectivity index (χ3v) is 4.40. The van der Waals surface area contributed by atoms with Crippen LogP contribution in [-0.2, 0) is 17.7 Å². The van der Waals surface area contributed by atoms with Crippen molar-refractivity contribution in [2.24, 2.45) is 0 Å². The molecular weight excluding hydrogens is 284 g/mol. The van der Waals surface area contributed by atoms with Crippen molar-refractivity contribution >= 4 is 17.3 Å². The molecule has 0 saturated heterocycles. The number of hydrogen-bond donors (Lipinski definition) is 3. The molecule has 0 unspecified atom stereocenters. The summed E-state index contributed by atoms with van der Waals surface area (Å²) in [5, 5.41) is 7.91. The molecule has 0 amide bonds. The van der Waals surface area contributed by atoms with Gasteiger partial charge in [0, 0.05) is 11.4 Å². The van der Waals surface area contributed by atoms with Crippen LogP contribution in [0.4, 0.5) is 0 Å². The average Bonchev–Trinajstić information content (AvgIpc) is 2.98. The SMILES string of the molecule is COC(=O)c1c(-n2c(=O)[nH][nH]c2=O)sc2c1CCNC2. The quantitative estimate of drug-likeness (QED) is 0.638. The van der Waals surface area contributed by atoms with Crippen LogP contribution >= 0.6 is 11.3 Å². The van der Waals surface area contributed by atoms with Crippen molar-refractivity contribution in [3.63, 3.8) is 0 Å². The van der Waals surface area contributed by atoms with E-state index in [0.717, 1.165) is 21.6 Å². The van der Waals surface area contributed by atoms with Crippen molar-refractivity contribution in [2.75, 3.05) is 13.7 Å². The van der Waals surface area contributed by atoms with Crippen LogP contribution < -0.4 is 16.7 Å². The van der Waals surface area contributed by atoms with Gasteiger partial charge in [-0.3, -0.25) is 0 Å². The fourth-order valence-corrected chi connectivity index (χ4v) is 3.59. The Balaban J connectivity index is 2.31. The summed E-state index contributed by atoms with van der Waals surface area (Å²) >= 11 is 1.25. The first-order valence-corrected chi connectivity index (χ1v) is 6.78. The first kappa shape index (κ1) is 12.9. The molecule has 0 bridgehead atoms. The number of ether oxygens (including phenoxy) is 1. The van der Waals surface area contributed by atoms with E-state index in [-0.39, 0.29) is 0 Å². The molecule has 0 spiro atoms. The molecule has 0 atom stereocenters. The standard InChI is InChI=1S/C11H12N4O4S/c1-19-9(16)7-5-2-3-12-4-6(5)20-8(7)15-10(17)13-14-11(15)18/h12H,2-4H2,1H3,(H,13,17)(H,14,18). The maximum absolute atomic E-state index is 12.0. The molecule has 2 aromatic heterocycles. The Morgan fingerprint density at radius 3 is 2.65 bits per heavy atom. The molecule has 3 rings (SSSR count). The number of carbonyl (C=O) groups is 1. The third-order valence-electron chi connectivity index (χ3n) is 3.18. The van der Waals surface area contributed by atoms with Crippen molar-refractivity contribution in [1.29, 1.82) is 0 Å². The maximum Gasteiger partial charge on any atom is 0.349 e. The summed E-state index contributed by atoms with van der Waals surface area (Å²) in [5.41, 5.74) is -0.0530. The number of fused-ring (bicyclic) bond motifs is 1. The molecule has 2 aromatic rings. The molecule has 0 radical (unpaired) electrons. The van der Waals surface area contributed by atoms with E-state index < -0.39 is 17.3 Å². The molecule has 9 heteroatoms. The van der Waals surface area contributed by atoms with Gasteiger partial charge >= 0.3 is 17.3 Å². The highest BCUT2D eigenvalue weighted by Crippen LogP contribution is 2.33. The second kappa shape index (κ2) is 4.76. The lowest BCUT2D eigenvalue weighted by Crippen LogP contribution is -2.26. The normalized spacial score (nSPS) is 14.1. The van der Waals surface area contributed by atoms with E-state index in [1.807, 2.05) is 0 Å². The van der Waals surface area contributed by atoms with Gasteiger partial charge in [0.15, 0.2) is 0 Å². The highest BCUT2D eigenvalue weighted by atomic mass is 32.1. The summed E-state index contributed by atoms with van der Waals surface area (Å²) in [5.74, 6) is -0.535. The number of rotatable bonds is 2. The monoisotopic (exact) mass is 296 g/mol. The van der Waals surface area contributed by atoms with Crippen molar-refractivity contribution < 1.29 is 9.53 Å². The summed E-state index contributed by atoms with van der Waals surface area (Å²) in [7, 11) is 1.28. The molecule has 20 heavy (non-hydrogen) atoms. The highest BCUT2D eigenvalue weighted by molar-refractivity contribution is 7.15. The zero-order valence-electron chi connectivity index (χ0n) is 10.6. The lowest BCUT2D eigenvalue weighted by molar-refractivity contribution is 0.0600. The molecule has 1 aliphatic rings. The van der Waals surface area contributed by atoms with Crippen molar-refractivity contribution in [2.45, 2.75) is 13.0 Å². The second-order valence-electron chi connectivity index (χ2n) is 4.30. The third kappa shape index (κ3) is 1.82. The molecule has 0 fully saturated rings. The lowest BCUT2D eigenvalue weighted by atomic mass is 10.0. The summed E-state index contributed by atoms with van der Waals surface area (Å²) in [6, 6.07) is 0. The van der Waals surface area contributed by atoms with E-state index >= 15 is 0 Å². The minimum Gasteiger partial charge on any atom is -0.465 e. The molecule has 8 nitrogen and oxygen atoms in total. The maximum atomic E-state index is 12.0. The van der Waals surface area contributed by atoms with Gasteiger partial charge < -0.3 is 10.1 Å². The first-order valence-electron chi connectivity index (χ1n) is 5.97. The Labute approximate surface area is 116 Å². The van der Waals surface area contributed by atoms with Gasteiger partial charge in [-0.1, -0.05) is 0 Å². The fraction of sp³-hybridized carbons (Fsp3) is 0.364. The van der Waals surface area contributed by atoms with E-state index in [1.165, 1.54) is 18.4 Å². The number of hydrogen-bond acceptors (Lipinski definition) is 6. The van der Waals surface area contributed by atoms with Crippen LogP contribution in [0.5, 0.6) is 0 Å². The van der Waals surface area contributed by atoms with E-state index in [1.54, 1.807) is 0 Å². The molecule has 0 saturated carbocycles. The molecule has 1 aliphatic heterocycles. The largest absolute Gasteiger partial charge is 0.465 e. The predicted octanol–water partition coefficient (Wildman–Crippen LogP) is -0.652. The van der Waals surface area contributed by atoms with Crippen LogP contribution in [0.2, 0.25) is 0 Å². The van der Waals surface area contributed by atoms with Gasteiger partial charge in [-0.15, -0.1) is 11.3 Å². The van der Waals surface area contributed by atoms with Crippen LogP contribution in [0.1, 0.15) is 20.8 Å². The van der Waals surface area contributed by atoms with E-state index in [9.17, 15) is 14.4 Å². The Bertz CT molecular complexity index is 754. The summed E-state index contributed by atoms with van der Waals surface area (Å²) in [6.45, 7) is 1.35. The van der Waals surface area contributed by atoms with Crippen molar-refractivity contribution in [1.82, 2.24) is 20.1 Å².